The van der Waals surface area contributed by atoms with Gasteiger partial charge in [0, 0.05) is 6.54 Å². The molecule has 0 amide bonds. The first kappa shape index (κ1) is 14.6. The van der Waals surface area contributed by atoms with Crippen LogP contribution in [0, 0.1) is 0 Å². The third-order valence-electron chi connectivity index (χ3n) is 3.04. The number of hydrogen-bond acceptors (Lipinski definition) is 5. The van der Waals surface area contributed by atoms with Crippen LogP contribution < -0.4 is 10.1 Å². The van der Waals surface area contributed by atoms with Gasteiger partial charge in [-0.15, -0.1) is 0 Å². The largest absolute Gasteiger partial charge is 0.477 e. The molecule has 110 valence electrons. The minimum absolute atomic E-state index is 0.590. The topological polar surface area (TPSA) is 75.7 Å². The summed E-state index contributed by atoms with van der Waals surface area (Å²) in [5, 5.41) is 10.9. The van der Waals surface area contributed by atoms with Gasteiger partial charge in [0.2, 0.25) is 11.8 Å². The molecule has 2 aromatic rings. The van der Waals surface area contributed by atoms with Crippen LogP contribution in [-0.2, 0) is 0 Å². The predicted octanol–water partition coefficient (Wildman–Crippen LogP) is 3.13. The van der Waals surface area contributed by atoms with Gasteiger partial charge in [0.25, 0.3) is 0 Å². The zero-order chi connectivity index (χ0) is 14.2. The van der Waals surface area contributed by atoms with E-state index in [2.05, 4.69) is 39.3 Å². The van der Waals surface area contributed by atoms with Crippen LogP contribution in [0.25, 0.3) is 11.0 Å². The first-order valence-electron chi connectivity index (χ1n) is 7.43. The number of nitrogens with one attached hydrogen (secondary N) is 2. The maximum absolute atomic E-state index is 5.79. The van der Waals surface area contributed by atoms with Crippen LogP contribution in [0.2, 0.25) is 0 Å². The molecule has 2 heterocycles. The maximum Gasteiger partial charge on any atom is 0.229 e. The van der Waals surface area contributed by atoms with Crippen molar-refractivity contribution in [3.05, 3.63) is 6.20 Å². The lowest BCUT2D eigenvalue weighted by Gasteiger charge is -2.08. The zero-order valence-electron chi connectivity index (χ0n) is 12.3. The molecule has 0 radical (unpaired) electrons. The van der Waals surface area contributed by atoms with Crippen LogP contribution in [0.3, 0.4) is 0 Å². The monoisotopic (exact) mass is 277 g/mol. The van der Waals surface area contributed by atoms with E-state index in [4.69, 9.17) is 4.74 Å². The number of aromatic amines is 1. The molecule has 0 aliphatic rings. The third kappa shape index (κ3) is 3.82. The Kier molecular flexibility index (Phi) is 5.58. The molecule has 0 saturated carbocycles. The number of rotatable bonds is 9. The van der Waals surface area contributed by atoms with Crippen molar-refractivity contribution in [1.82, 2.24) is 20.2 Å². The Morgan fingerprint density at radius 2 is 2.05 bits per heavy atom. The molecule has 0 fully saturated rings. The Morgan fingerprint density at radius 1 is 1.15 bits per heavy atom. The van der Waals surface area contributed by atoms with E-state index in [9.17, 15) is 0 Å². The Balaban J connectivity index is 2.03. The predicted molar refractivity (Wildman–Crippen MR) is 80.1 cm³/mol. The van der Waals surface area contributed by atoms with Gasteiger partial charge >= 0.3 is 0 Å². The SMILES string of the molecule is CCCCCCOc1nc(NCCC)nc2[nH]ncc12. The zero-order valence-corrected chi connectivity index (χ0v) is 12.3. The number of fused-ring (bicyclic) bond motifs is 1. The molecule has 2 N–H and O–H groups in total. The molecule has 0 aliphatic carbocycles. The number of aromatic nitrogens is 4. The summed E-state index contributed by atoms with van der Waals surface area (Å²) in [5.74, 6) is 1.20. The summed E-state index contributed by atoms with van der Waals surface area (Å²) in [6.07, 6.45) is 7.45. The van der Waals surface area contributed by atoms with Gasteiger partial charge in [-0.25, -0.2) is 0 Å². The van der Waals surface area contributed by atoms with Gasteiger partial charge in [-0.3, -0.25) is 5.10 Å². The van der Waals surface area contributed by atoms with Crippen LogP contribution in [0.4, 0.5) is 5.95 Å². The van der Waals surface area contributed by atoms with Crippen LogP contribution in [0.1, 0.15) is 46.0 Å². The number of unbranched alkanes of at least 4 members (excludes halogenated alkanes) is 3. The van der Waals surface area contributed by atoms with Gasteiger partial charge in [-0.2, -0.15) is 15.1 Å². The quantitative estimate of drug-likeness (QED) is 0.689. The maximum atomic E-state index is 5.79. The molecule has 0 aromatic carbocycles. The number of hydrogen-bond donors (Lipinski definition) is 2. The highest BCUT2D eigenvalue weighted by atomic mass is 16.5. The average Bonchev–Trinajstić information content (AvgIpc) is 2.93. The Labute approximate surface area is 119 Å². The van der Waals surface area contributed by atoms with Crippen LogP contribution in [-0.4, -0.2) is 33.3 Å². The van der Waals surface area contributed by atoms with Crippen molar-refractivity contribution in [2.45, 2.75) is 46.0 Å². The average molecular weight is 277 g/mol. The smallest absolute Gasteiger partial charge is 0.229 e. The standard InChI is InChI=1S/C14H23N5O/c1-3-5-6-7-9-20-13-11-10-16-19-12(11)17-14(18-13)15-8-4-2/h10H,3-9H2,1-2H3,(H2,15,16,17,18,19). The van der Waals surface area contributed by atoms with E-state index in [-0.39, 0.29) is 0 Å². The molecule has 0 unspecified atom stereocenters. The van der Waals surface area contributed by atoms with Crippen molar-refractivity contribution in [2.24, 2.45) is 0 Å². The molecule has 0 saturated heterocycles. The van der Waals surface area contributed by atoms with E-state index in [0.29, 0.717) is 24.1 Å². The lowest BCUT2D eigenvalue weighted by atomic mass is 10.2. The summed E-state index contributed by atoms with van der Waals surface area (Å²) >= 11 is 0. The van der Waals surface area contributed by atoms with Gasteiger partial charge in [-0.1, -0.05) is 33.1 Å². The normalized spacial score (nSPS) is 10.9. The summed E-state index contributed by atoms with van der Waals surface area (Å²) in [6.45, 7) is 5.83. The number of nitrogens with zero attached hydrogens (tertiary/aromatic N) is 3. The molecule has 0 aliphatic heterocycles. The summed E-state index contributed by atoms with van der Waals surface area (Å²) in [4.78, 5) is 8.79. The fourth-order valence-electron chi connectivity index (χ4n) is 1.93. The van der Waals surface area contributed by atoms with Crippen molar-refractivity contribution in [1.29, 1.82) is 0 Å². The summed E-state index contributed by atoms with van der Waals surface area (Å²) in [7, 11) is 0. The molecule has 6 heteroatoms. The molecule has 0 bridgehead atoms. The van der Waals surface area contributed by atoms with Crippen molar-refractivity contribution >= 4 is 17.0 Å². The highest BCUT2D eigenvalue weighted by Gasteiger charge is 2.10. The second-order valence-corrected chi connectivity index (χ2v) is 4.82. The number of H-pyrrole nitrogens is 1. The molecule has 6 nitrogen and oxygen atoms in total. The third-order valence-corrected chi connectivity index (χ3v) is 3.04. The van der Waals surface area contributed by atoms with E-state index >= 15 is 0 Å². The van der Waals surface area contributed by atoms with Crippen LogP contribution >= 0.6 is 0 Å². The van der Waals surface area contributed by atoms with E-state index in [0.717, 1.165) is 24.8 Å². The van der Waals surface area contributed by atoms with Gasteiger partial charge < -0.3 is 10.1 Å². The van der Waals surface area contributed by atoms with E-state index < -0.39 is 0 Å². The number of anilines is 1. The summed E-state index contributed by atoms with van der Waals surface area (Å²) in [5.41, 5.74) is 0.710. The second kappa shape index (κ2) is 7.67. The molecule has 2 aromatic heterocycles. The lowest BCUT2D eigenvalue weighted by Crippen LogP contribution is -2.07. The lowest BCUT2D eigenvalue weighted by molar-refractivity contribution is 0.297. The first-order valence-corrected chi connectivity index (χ1v) is 7.43. The Bertz CT molecular complexity index is 525. The summed E-state index contributed by atoms with van der Waals surface area (Å²) in [6, 6.07) is 0. The number of ether oxygens (including phenoxy) is 1. The van der Waals surface area contributed by atoms with Crippen LogP contribution in [0.15, 0.2) is 6.20 Å². The van der Waals surface area contributed by atoms with Crippen molar-refractivity contribution < 1.29 is 4.74 Å². The van der Waals surface area contributed by atoms with Gasteiger partial charge in [0.15, 0.2) is 5.65 Å². The van der Waals surface area contributed by atoms with E-state index in [1.807, 2.05) is 0 Å². The second-order valence-electron chi connectivity index (χ2n) is 4.82. The fourth-order valence-corrected chi connectivity index (χ4v) is 1.93. The molecule has 0 spiro atoms. The highest BCUT2D eigenvalue weighted by Crippen LogP contribution is 2.22. The minimum atomic E-state index is 0.590. The summed E-state index contributed by atoms with van der Waals surface area (Å²) < 4.78 is 5.79. The van der Waals surface area contributed by atoms with Crippen LogP contribution in [0.5, 0.6) is 5.88 Å². The van der Waals surface area contributed by atoms with Crippen molar-refractivity contribution in [3.63, 3.8) is 0 Å². The van der Waals surface area contributed by atoms with E-state index in [1.165, 1.54) is 19.3 Å². The van der Waals surface area contributed by atoms with E-state index in [1.54, 1.807) is 6.20 Å². The Morgan fingerprint density at radius 3 is 2.85 bits per heavy atom. The first-order chi connectivity index (χ1) is 9.85. The van der Waals surface area contributed by atoms with Gasteiger partial charge in [0.05, 0.1) is 12.8 Å². The highest BCUT2D eigenvalue weighted by molar-refractivity contribution is 5.80. The van der Waals surface area contributed by atoms with Gasteiger partial charge in [0.1, 0.15) is 5.39 Å². The molecular formula is C14H23N5O. The molecule has 20 heavy (non-hydrogen) atoms. The fraction of sp³-hybridized carbons (Fsp3) is 0.643. The minimum Gasteiger partial charge on any atom is -0.477 e. The molecule has 2 rings (SSSR count). The van der Waals surface area contributed by atoms with Crippen molar-refractivity contribution in [3.8, 4) is 5.88 Å². The van der Waals surface area contributed by atoms with Gasteiger partial charge in [-0.05, 0) is 12.8 Å². The molecular weight excluding hydrogens is 254 g/mol. The molecule has 0 atom stereocenters. The Hall–Kier alpha value is -1.85. The van der Waals surface area contributed by atoms with Crippen molar-refractivity contribution in [2.75, 3.05) is 18.5 Å².